The van der Waals surface area contributed by atoms with E-state index in [1.54, 1.807) is 6.20 Å². The van der Waals surface area contributed by atoms with E-state index >= 15 is 0 Å². The number of nitrogen functional groups attached to an aromatic ring is 1. The van der Waals surface area contributed by atoms with Gasteiger partial charge in [-0.15, -0.1) is 0 Å². The SMILES string of the molecule is C[C@]1(O)CC[C@@H](c2cnc(N)c(Br)n2)CC1. The zero-order valence-corrected chi connectivity index (χ0v) is 10.9. The average Bonchev–Trinajstić information content (AvgIpc) is 2.22. The predicted molar refractivity (Wildman–Crippen MR) is 66.0 cm³/mol. The fraction of sp³-hybridized carbons (Fsp3) is 0.636. The van der Waals surface area contributed by atoms with Crippen molar-refractivity contribution in [3.63, 3.8) is 0 Å². The zero-order chi connectivity index (χ0) is 11.8. The fourth-order valence-corrected chi connectivity index (χ4v) is 2.43. The second-order valence-corrected chi connectivity index (χ2v) is 5.49. The highest BCUT2D eigenvalue weighted by Gasteiger charge is 2.30. The van der Waals surface area contributed by atoms with Crippen molar-refractivity contribution < 1.29 is 5.11 Å². The van der Waals surface area contributed by atoms with E-state index in [1.807, 2.05) is 6.92 Å². The lowest BCUT2D eigenvalue weighted by atomic mass is 9.79. The van der Waals surface area contributed by atoms with Gasteiger partial charge in [-0.3, -0.25) is 0 Å². The van der Waals surface area contributed by atoms with Crippen LogP contribution in [-0.2, 0) is 0 Å². The molecule has 0 aliphatic heterocycles. The number of aromatic nitrogens is 2. The Labute approximate surface area is 103 Å². The van der Waals surface area contributed by atoms with E-state index in [9.17, 15) is 5.11 Å². The molecule has 1 aromatic rings. The number of anilines is 1. The second-order valence-electron chi connectivity index (χ2n) is 4.74. The maximum absolute atomic E-state index is 9.87. The predicted octanol–water partition coefficient (Wildman–Crippen LogP) is 2.23. The van der Waals surface area contributed by atoms with Crippen LogP contribution in [0.1, 0.15) is 44.2 Å². The van der Waals surface area contributed by atoms with Crippen LogP contribution in [0.25, 0.3) is 0 Å². The number of aliphatic hydroxyl groups is 1. The monoisotopic (exact) mass is 285 g/mol. The Kier molecular flexibility index (Phi) is 3.17. The van der Waals surface area contributed by atoms with Gasteiger partial charge in [0.1, 0.15) is 4.60 Å². The Hall–Kier alpha value is -0.680. The molecule has 0 unspecified atom stereocenters. The van der Waals surface area contributed by atoms with Crippen molar-refractivity contribution in [3.8, 4) is 0 Å². The lowest BCUT2D eigenvalue weighted by Crippen LogP contribution is -2.29. The molecule has 2 rings (SSSR count). The Morgan fingerprint density at radius 3 is 2.69 bits per heavy atom. The molecule has 4 nitrogen and oxygen atoms in total. The van der Waals surface area contributed by atoms with Gasteiger partial charge in [0.05, 0.1) is 17.5 Å². The minimum absolute atomic E-state index is 0.393. The summed E-state index contributed by atoms with van der Waals surface area (Å²) in [6.07, 6.45) is 5.30. The van der Waals surface area contributed by atoms with Gasteiger partial charge < -0.3 is 10.8 Å². The Morgan fingerprint density at radius 1 is 1.50 bits per heavy atom. The average molecular weight is 286 g/mol. The quantitative estimate of drug-likeness (QED) is 0.830. The normalized spacial score (nSPS) is 30.3. The van der Waals surface area contributed by atoms with Gasteiger partial charge in [0, 0.05) is 5.92 Å². The van der Waals surface area contributed by atoms with Crippen LogP contribution < -0.4 is 5.73 Å². The van der Waals surface area contributed by atoms with Gasteiger partial charge in [-0.2, -0.15) is 0 Å². The third-order valence-corrected chi connectivity index (χ3v) is 3.84. The van der Waals surface area contributed by atoms with Crippen LogP contribution in [0, 0.1) is 0 Å². The molecule has 5 heteroatoms. The van der Waals surface area contributed by atoms with Crippen molar-refractivity contribution in [2.75, 3.05) is 5.73 Å². The highest BCUT2D eigenvalue weighted by atomic mass is 79.9. The van der Waals surface area contributed by atoms with Gasteiger partial charge in [0.15, 0.2) is 5.82 Å². The molecule has 0 bridgehead atoms. The first-order valence-electron chi connectivity index (χ1n) is 5.48. The molecule has 88 valence electrons. The van der Waals surface area contributed by atoms with Crippen LogP contribution in [0.4, 0.5) is 5.82 Å². The third-order valence-electron chi connectivity index (χ3n) is 3.26. The van der Waals surface area contributed by atoms with Crippen LogP contribution in [0.5, 0.6) is 0 Å². The summed E-state index contributed by atoms with van der Waals surface area (Å²) in [7, 11) is 0. The maximum Gasteiger partial charge on any atom is 0.156 e. The maximum atomic E-state index is 9.87. The van der Waals surface area contributed by atoms with Gasteiger partial charge in [-0.05, 0) is 48.5 Å². The standard InChI is InChI=1S/C11H16BrN3O/c1-11(16)4-2-7(3-5-11)8-6-14-10(13)9(12)15-8/h6-7,16H,2-5H2,1H3,(H2,13,14)/t7-,11+. The smallest absolute Gasteiger partial charge is 0.156 e. The summed E-state index contributed by atoms with van der Waals surface area (Å²) >= 11 is 3.29. The van der Waals surface area contributed by atoms with E-state index in [0.717, 1.165) is 31.4 Å². The Bertz CT molecular complexity index is 385. The van der Waals surface area contributed by atoms with Crippen LogP contribution in [0.2, 0.25) is 0 Å². The van der Waals surface area contributed by atoms with E-state index < -0.39 is 5.60 Å². The Balaban J connectivity index is 2.11. The summed E-state index contributed by atoms with van der Waals surface area (Å²) in [4.78, 5) is 8.49. The zero-order valence-electron chi connectivity index (χ0n) is 9.28. The van der Waals surface area contributed by atoms with Crippen molar-refractivity contribution in [1.29, 1.82) is 0 Å². The van der Waals surface area contributed by atoms with Crippen LogP contribution >= 0.6 is 15.9 Å². The molecule has 16 heavy (non-hydrogen) atoms. The summed E-state index contributed by atoms with van der Waals surface area (Å²) in [6, 6.07) is 0. The lowest BCUT2D eigenvalue weighted by molar-refractivity contribution is 0.0168. The number of hydrogen-bond acceptors (Lipinski definition) is 4. The van der Waals surface area contributed by atoms with E-state index in [4.69, 9.17) is 5.73 Å². The number of hydrogen-bond donors (Lipinski definition) is 2. The number of nitrogens with zero attached hydrogens (tertiary/aromatic N) is 2. The molecule has 0 spiro atoms. The van der Waals surface area contributed by atoms with Gasteiger partial charge in [-0.25, -0.2) is 9.97 Å². The first kappa shape index (κ1) is 11.8. The van der Waals surface area contributed by atoms with Crippen molar-refractivity contribution >= 4 is 21.7 Å². The number of nitrogens with two attached hydrogens (primary N) is 1. The van der Waals surface area contributed by atoms with Crippen LogP contribution in [-0.4, -0.2) is 20.7 Å². The van der Waals surface area contributed by atoms with Crippen molar-refractivity contribution in [3.05, 3.63) is 16.5 Å². The molecule has 1 aliphatic rings. The highest BCUT2D eigenvalue weighted by molar-refractivity contribution is 9.10. The highest BCUT2D eigenvalue weighted by Crippen LogP contribution is 2.37. The molecule has 1 heterocycles. The summed E-state index contributed by atoms with van der Waals surface area (Å²) < 4.78 is 0.613. The van der Waals surface area contributed by atoms with Gasteiger partial charge in [0.2, 0.25) is 0 Å². The first-order valence-corrected chi connectivity index (χ1v) is 6.27. The molecule has 0 radical (unpaired) electrons. The number of rotatable bonds is 1. The van der Waals surface area contributed by atoms with Gasteiger partial charge in [-0.1, -0.05) is 0 Å². The first-order chi connectivity index (χ1) is 7.48. The van der Waals surface area contributed by atoms with Crippen molar-refractivity contribution in [2.45, 2.75) is 44.1 Å². The van der Waals surface area contributed by atoms with Gasteiger partial charge >= 0.3 is 0 Å². The van der Waals surface area contributed by atoms with Crippen molar-refractivity contribution in [2.24, 2.45) is 0 Å². The topological polar surface area (TPSA) is 72.0 Å². The summed E-state index contributed by atoms with van der Waals surface area (Å²) in [5, 5.41) is 9.87. The molecule has 0 saturated heterocycles. The van der Waals surface area contributed by atoms with E-state index in [0.29, 0.717) is 16.3 Å². The Morgan fingerprint density at radius 2 is 2.12 bits per heavy atom. The molecule has 0 atom stereocenters. The summed E-state index contributed by atoms with van der Waals surface area (Å²) in [5.41, 5.74) is 6.06. The van der Waals surface area contributed by atoms with Crippen LogP contribution in [0.15, 0.2) is 10.8 Å². The van der Waals surface area contributed by atoms with Crippen LogP contribution in [0.3, 0.4) is 0 Å². The van der Waals surface area contributed by atoms with E-state index in [1.165, 1.54) is 0 Å². The molecule has 0 amide bonds. The minimum atomic E-state index is -0.505. The molecular formula is C11H16BrN3O. The molecule has 1 aliphatic carbocycles. The lowest BCUT2D eigenvalue weighted by Gasteiger charge is -2.32. The minimum Gasteiger partial charge on any atom is -0.390 e. The van der Waals surface area contributed by atoms with E-state index in [-0.39, 0.29) is 0 Å². The summed E-state index contributed by atoms with van der Waals surface area (Å²) in [6.45, 7) is 1.90. The largest absolute Gasteiger partial charge is 0.390 e. The van der Waals surface area contributed by atoms with Crippen molar-refractivity contribution in [1.82, 2.24) is 9.97 Å². The molecule has 1 fully saturated rings. The molecule has 0 aromatic carbocycles. The molecular weight excluding hydrogens is 270 g/mol. The molecule has 1 aromatic heterocycles. The second kappa shape index (κ2) is 4.30. The van der Waals surface area contributed by atoms with Gasteiger partial charge in [0.25, 0.3) is 0 Å². The molecule has 3 N–H and O–H groups in total. The summed E-state index contributed by atoms with van der Waals surface area (Å²) in [5.74, 6) is 0.816. The third kappa shape index (κ3) is 2.52. The number of halogens is 1. The molecule has 1 saturated carbocycles. The fourth-order valence-electron chi connectivity index (χ4n) is 2.12. The van der Waals surface area contributed by atoms with E-state index in [2.05, 4.69) is 25.9 Å².